The Bertz CT molecular complexity index is 1410. The Hall–Kier alpha value is -3.56. The van der Waals surface area contributed by atoms with Crippen LogP contribution >= 0.6 is 0 Å². The van der Waals surface area contributed by atoms with Crippen LogP contribution in [0.25, 0.3) is 0 Å². The molecule has 224 valence electrons. The fraction of sp³-hybridized carbons (Fsp3) is 0.394. The lowest BCUT2D eigenvalue weighted by molar-refractivity contribution is -0.141. The van der Waals surface area contributed by atoms with Crippen LogP contribution in [0.1, 0.15) is 56.1 Å². The van der Waals surface area contributed by atoms with Crippen LogP contribution in [0.15, 0.2) is 89.8 Å². The van der Waals surface area contributed by atoms with E-state index in [4.69, 9.17) is 0 Å². The molecule has 9 heteroatoms. The summed E-state index contributed by atoms with van der Waals surface area (Å²) < 4.78 is 41.9. The van der Waals surface area contributed by atoms with Gasteiger partial charge in [0.05, 0.1) is 4.90 Å². The molecule has 7 nitrogen and oxygen atoms in total. The molecule has 0 spiro atoms. The second-order valence-electron chi connectivity index (χ2n) is 10.9. The lowest BCUT2D eigenvalue weighted by Gasteiger charge is -2.33. The largest absolute Gasteiger partial charge is 0.352 e. The summed E-state index contributed by atoms with van der Waals surface area (Å²) in [6.45, 7) is 0.0490. The zero-order chi connectivity index (χ0) is 30.0. The van der Waals surface area contributed by atoms with Gasteiger partial charge in [-0.05, 0) is 43.0 Å². The summed E-state index contributed by atoms with van der Waals surface area (Å²) in [7, 11) is -2.22. The summed E-state index contributed by atoms with van der Waals surface area (Å²) in [5.41, 5.74) is 1.21. The fourth-order valence-corrected chi connectivity index (χ4v) is 6.63. The molecule has 1 aliphatic carbocycles. The minimum absolute atomic E-state index is 0.00506. The van der Waals surface area contributed by atoms with Crippen molar-refractivity contribution in [1.82, 2.24) is 14.5 Å². The van der Waals surface area contributed by atoms with Crippen LogP contribution in [0.3, 0.4) is 0 Å². The molecule has 0 radical (unpaired) electrons. The second kappa shape index (κ2) is 15.1. The Labute approximate surface area is 248 Å². The van der Waals surface area contributed by atoms with Gasteiger partial charge in [0, 0.05) is 44.6 Å². The molecule has 0 aromatic heterocycles. The Kier molecular flexibility index (Phi) is 11.3. The van der Waals surface area contributed by atoms with Crippen LogP contribution < -0.4 is 5.32 Å². The predicted octanol–water partition coefficient (Wildman–Crippen LogP) is 5.32. The highest BCUT2D eigenvalue weighted by Crippen LogP contribution is 2.21. The molecule has 0 heterocycles. The predicted molar refractivity (Wildman–Crippen MR) is 161 cm³/mol. The molecule has 3 aromatic carbocycles. The van der Waals surface area contributed by atoms with Gasteiger partial charge in [-0.2, -0.15) is 0 Å². The highest BCUT2D eigenvalue weighted by molar-refractivity contribution is 7.89. The normalized spacial score (nSPS) is 14.8. The summed E-state index contributed by atoms with van der Waals surface area (Å²) in [5, 5.41) is 3.17. The molecule has 4 rings (SSSR count). The Morgan fingerprint density at radius 1 is 0.905 bits per heavy atom. The van der Waals surface area contributed by atoms with Crippen LogP contribution in [0.4, 0.5) is 4.39 Å². The molecule has 0 unspecified atom stereocenters. The zero-order valence-electron chi connectivity index (χ0n) is 24.1. The topological polar surface area (TPSA) is 86.8 Å². The Balaban J connectivity index is 1.55. The van der Waals surface area contributed by atoms with Gasteiger partial charge in [-0.3, -0.25) is 9.59 Å². The van der Waals surface area contributed by atoms with Crippen LogP contribution in [0, 0.1) is 5.82 Å². The van der Waals surface area contributed by atoms with Gasteiger partial charge in [0.2, 0.25) is 21.8 Å². The maximum absolute atomic E-state index is 14.8. The van der Waals surface area contributed by atoms with Gasteiger partial charge >= 0.3 is 0 Å². The van der Waals surface area contributed by atoms with Crippen molar-refractivity contribution in [2.45, 2.75) is 74.9 Å². The molecule has 0 aliphatic heterocycles. The number of carbonyl (C=O) groups excluding carboxylic acids is 2. The van der Waals surface area contributed by atoms with Crippen molar-refractivity contribution in [2.75, 3.05) is 13.6 Å². The summed E-state index contributed by atoms with van der Waals surface area (Å²) >= 11 is 0. The Morgan fingerprint density at radius 2 is 1.52 bits per heavy atom. The molecule has 1 saturated carbocycles. The number of carbonyl (C=O) groups is 2. The minimum Gasteiger partial charge on any atom is -0.352 e. The molecule has 0 saturated heterocycles. The molecule has 3 aromatic rings. The summed E-state index contributed by atoms with van der Waals surface area (Å²) in [6.07, 6.45) is 5.56. The van der Waals surface area contributed by atoms with Gasteiger partial charge in [-0.15, -0.1) is 0 Å². The first-order chi connectivity index (χ1) is 20.3. The average molecular weight is 594 g/mol. The molecule has 1 aliphatic rings. The van der Waals surface area contributed by atoms with E-state index in [1.54, 1.807) is 36.4 Å². The minimum atomic E-state index is -3.70. The zero-order valence-corrected chi connectivity index (χ0v) is 24.9. The number of hydrogen-bond acceptors (Lipinski definition) is 4. The molecule has 1 N–H and O–H groups in total. The van der Waals surface area contributed by atoms with Crippen molar-refractivity contribution < 1.29 is 22.4 Å². The lowest BCUT2D eigenvalue weighted by Crippen LogP contribution is -2.53. The average Bonchev–Trinajstić information content (AvgIpc) is 3.01. The standard InChI is InChI=1S/C33H40FN3O4S/c1-36(42(40,41)29-19-9-4-10-20-29)23-13-22-32(38)37(25-27-16-11-12-21-30(27)34)31(24-26-14-5-2-6-15-26)33(39)35-28-17-7-3-8-18-28/h2,4-6,9-12,14-16,19-21,28,31H,3,7-8,13,17-18,22-25H2,1H3,(H,35,39)/t31-/m0/s1. The SMILES string of the molecule is CN(CCCC(=O)N(Cc1ccccc1F)[C@@H](Cc1ccccc1)C(=O)NC1CCCCC1)S(=O)(=O)c1ccccc1. The van der Waals surface area contributed by atoms with Crippen LogP contribution in [0.5, 0.6) is 0 Å². The van der Waals surface area contributed by atoms with E-state index in [2.05, 4.69) is 5.32 Å². The van der Waals surface area contributed by atoms with Gasteiger partial charge < -0.3 is 10.2 Å². The summed E-state index contributed by atoms with van der Waals surface area (Å²) in [4.78, 5) is 29.3. The quantitative estimate of drug-likeness (QED) is 0.291. The smallest absolute Gasteiger partial charge is 0.243 e. The number of rotatable bonds is 13. The summed E-state index contributed by atoms with van der Waals surface area (Å²) in [6, 6.07) is 23.1. The third-order valence-corrected chi connectivity index (χ3v) is 9.71. The van der Waals surface area contributed by atoms with E-state index in [1.165, 1.54) is 34.5 Å². The summed E-state index contributed by atoms with van der Waals surface area (Å²) in [5.74, 6) is -1.03. The third kappa shape index (κ3) is 8.49. The van der Waals surface area contributed by atoms with Gasteiger partial charge in [0.1, 0.15) is 11.9 Å². The van der Waals surface area contributed by atoms with E-state index in [0.717, 1.165) is 37.7 Å². The second-order valence-corrected chi connectivity index (χ2v) is 13.0. The monoisotopic (exact) mass is 593 g/mol. The molecular formula is C33H40FN3O4S. The highest BCUT2D eigenvalue weighted by Gasteiger charge is 2.32. The number of halogens is 1. The molecule has 1 fully saturated rings. The van der Waals surface area contributed by atoms with Crippen molar-refractivity contribution in [3.05, 3.63) is 102 Å². The van der Waals surface area contributed by atoms with Crippen LogP contribution in [-0.4, -0.2) is 55.1 Å². The van der Waals surface area contributed by atoms with E-state index in [0.29, 0.717) is 5.56 Å². The van der Waals surface area contributed by atoms with E-state index < -0.39 is 21.9 Å². The third-order valence-electron chi connectivity index (χ3n) is 7.84. The van der Waals surface area contributed by atoms with Crippen molar-refractivity contribution >= 4 is 21.8 Å². The van der Waals surface area contributed by atoms with Crippen molar-refractivity contribution in [2.24, 2.45) is 0 Å². The van der Waals surface area contributed by atoms with E-state index in [9.17, 15) is 22.4 Å². The molecule has 0 bridgehead atoms. The fourth-order valence-electron chi connectivity index (χ4n) is 5.40. The maximum atomic E-state index is 14.8. The van der Waals surface area contributed by atoms with E-state index in [-0.39, 0.29) is 55.1 Å². The lowest BCUT2D eigenvalue weighted by atomic mass is 9.94. The van der Waals surface area contributed by atoms with Crippen LogP contribution in [0.2, 0.25) is 0 Å². The molecule has 1 atom stereocenters. The van der Waals surface area contributed by atoms with Crippen molar-refractivity contribution in [1.29, 1.82) is 0 Å². The van der Waals surface area contributed by atoms with Gasteiger partial charge in [0.25, 0.3) is 0 Å². The first-order valence-corrected chi connectivity index (χ1v) is 16.1. The first kappa shape index (κ1) is 31.4. The number of nitrogens with zero attached hydrogens (tertiary/aromatic N) is 2. The molecular weight excluding hydrogens is 553 g/mol. The number of sulfonamides is 1. The van der Waals surface area contributed by atoms with Gasteiger partial charge in [-0.25, -0.2) is 17.1 Å². The highest BCUT2D eigenvalue weighted by atomic mass is 32.2. The van der Waals surface area contributed by atoms with Crippen molar-refractivity contribution in [3.63, 3.8) is 0 Å². The maximum Gasteiger partial charge on any atom is 0.243 e. The molecule has 42 heavy (non-hydrogen) atoms. The van der Waals surface area contributed by atoms with Gasteiger partial charge in [-0.1, -0.05) is 86.0 Å². The number of hydrogen-bond donors (Lipinski definition) is 1. The van der Waals surface area contributed by atoms with Crippen LogP contribution in [-0.2, 0) is 32.6 Å². The van der Waals surface area contributed by atoms with Gasteiger partial charge in [0.15, 0.2) is 0 Å². The molecule has 2 amide bonds. The number of nitrogens with one attached hydrogen (secondary N) is 1. The Morgan fingerprint density at radius 3 is 2.19 bits per heavy atom. The van der Waals surface area contributed by atoms with E-state index >= 15 is 0 Å². The van der Waals surface area contributed by atoms with Crippen molar-refractivity contribution in [3.8, 4) is 0 Å². The first-order valence-electron chi connectivity index (χ1n) is 14.6. The van der Waals surface area contributed by atoms with E-state index in [1.807, 2.05) is 30.3 Å². The number of amides is 2. The number of benzene rings is 3.